The summed E-state index contributed by atoms with van der Waals surface area (Å²) in [7, 11) is 0. The van der Waals surface area contributed by atoms with Crippen LogP contribution in [0.15, 0.2) is 24.3 Å². The number of benzene rings is 1. The number of carboxylic acid groups (broad SMARTS) is 1. The van der Waals surface area contributed by atoms with Crippen LogP contribution >= 0.6 is 0 Å². The Morgan fingerprint density at radius 3 is 2.52 bits per heavy atom. The van der Waals surface area contributed by atoms with Crippen LogP contribution in [0.3, 0.4) is 0 Å². The molecule has 2 N–H and O–H groups in total. The zero-order valence-electron chi connectivity index (χ0n) is 12.6. The lowest BCUT2D eigenvalue weighted by Gasteiger charge is -2.07. The lowest BCUT2D eigenvalue weighted by Crippen LogP contribution is -2.26. The van der Waals surface area contributed by atoms with Gasteiger partial charge in [0.05, 0.1) is 0 Å². The minimum Gasteiger partial charge on any atom is -0.481 e. The highest BCUT2D eigenvalue weighted by atomic mass is 16.4. The van der Waals surface area contributed by atoms with Crippen molar-refractivity contribution in [1.82, 2.24) is 5.32 Å². The van der Waals surface area contributed by atoms with Crippen LogP contribution in [0.2, 0.25) is 0 Å². The van der Waals surface area contributed by atoms with E-state index in [0.717, 1.165) is 6.42 Å². The number of amides is 1. The van der Waals surface area contributed by atoms with Gasteiger partial charge in [0.1, 0.15) is 0 Å². The monoisotopic (exact) mass is 289 g/mol. The highest BCUT2D eigenvalue weighted by molar-refractivity contribution is 5.82. The van der Waals surface area contributed by atoms with Gasteiger partial charge >= 0.3 is 5.97 Å². The molecular formula is C17H23NO3. The summed E-state index contributed by atoms with van der Waals surface area (Å²) in [6.45, 7) is 4.78. The molecule has 0 aromatic heterocycles. The maximum atomic E-state index is 12.0. The molecule has 1 amide bonds. The minimum absolute atomic E-state index is 0.0540. The molecule has 0 unspecified atom stereocenters. The first-order valence-corrected chi connectivity index (χ1v) is 7.58. The Hall–Kier alpha value is -1.84. The largest absolute Gasteiger partial charge is 0.481 e. The summed E-state index contributed by atoms with van der Waals surface area (Å²) >= 11 is 0. The quantitative estimate of drug-likeness (QED) is 0.758. The average molecular weight is 289 g/mol. The van der Waals surface area contributed by atoms with Gasteiger partial charge in [-0.25, -0.2) is 0 Å². The van der Waals surface area contributed by atoms with Crippen molar-refractivity contribution in [2.24, 2.45) is 5.92 Å². The van der Waals surface area contributed by atoms with Crippen LogP contribution in [0, 0.1) is 5.92 Å². The Morgan fingerprint density at radius 1 is 1.29 bits per heavy atom. The maximum Gasteiger partial charge on any atom is 0.303 e. The van der Waals surface area contributed by atoms with Crippen molar-refractivity contribution < 1.29 is 14.7 Å². The molecule has 4 heteroatoms. The molecular weight excluding hydrogens is 266 g/mol. The van der Waals surface area contributed by atoms with E-state index in [4.69, 9.17) is 5.11 Å². The van der Waals surface area contributed by atoms with E-state index in [2.05, 4.69) is 43.4 Å². The van der Waals surface area contributed by atoms with Crippen molar-refractivity contribution in [2.75, 3.05) is 6.54 Å². The summed E-state index contributed by atoms with van der Waals surface area (Å²) in [5, 5.41) is 11.4. The van der Waals surface area contributed by atoms with Gasteiger partial charge in [0, 0.05) is 18.9 Å². The SMILES string of the molecule is CC(C)c1ccc([C@@H]2C[C@H]2C(=O)NCCCC(=O)O)cc1. The van der Waals surface area contributed by atoms with E-state index >= 15 is 0 Å². The van der Waals surface area contributed by atoms with E-state index in [1.807, 2.05) is 0 Å². The van der Waals surface area contributed by atoms with Gasteiger partial charge in [0.25, 0.3) is 0 Å². The predicted molar refractivity (Wildman–Crippen MR) is 81.3 cm³/mol. The topological polar surface area (TPSA) is 66.4 Å². The lowest BCUT2D eigenvalue weighted by atomic mass is 10.00. The van der Waals surface area contributed by atoms with Gasteiger partial charge in [-0.3, -0.25) is 9.59 Å². The van der Waals surface area contributed by atoms with E-state index in [1.165, 1.54) is 11.1 Å². The van der Waals surface area contributed by atoms with Crippen molar-refractivity contribution in [3.63, 3.8) is 0 Å². The Morgan fingerprint density at radius 2 is 1.95 bits per heavy atom. The second kappa shape index (κ2) is 6.74. The molecule has 114 valence electrons. The molecule has 0 bridgehead atoms. The van der Waals surface area contributed by atoms with Gasteiger partial charge in [-0.15, -0.1) is 0 Å². The molecule has 0 saturated heterocycles. The predicted octanol–water partition coefficient (Wildman–Crippen LogP) is 2.89. The number of carbonyl (C=O) groups is 2. The van der Waals surface area contributed by atoms with Crippen molar-refractivity contribution in [3.05, 3.63) is 35.4 Å². The number of hydrogen-bond acceptors (Lipinski definition) is 2. The average Bonchev–Trinajstić information content (AvgIpc) is 3.23. The molecule has 4 nitrogen and oxygen atoms in total. The second-order valence-corrected chi connectivity index (χ2v) is 6.06. The molecule has 2 rings (SSSR count). The van der Waals surface area contributed by atoms with Crippen molar-refractivity contribution in [2.45, 2.75) is 44.9 Å². The zero-order valence-corrected chi connectivity index (χ0v) is 12.6. The van der Waals surface area contributed by atoms with Gasteiger partial charge in [-0.05, 0) is 35.8 Å². The smallest absolute Gasteiger partial charge is 0.303 e. The zero-order chi connectivity index (χ0) is 15.4. The molecule has 0 aliphatic heterocycles. The van der Waals surface area contributed by atoms with Crippen LogP contribution in [-0.4, -0.2) is 23.5 Å². The standard InChI is InChI=1S/C17H23NO3/c1-11(2)12-5-7-13(8-6-12)14-10-15(14)17(21)18-9-3-4-16(19)20/h5-8,11,14-15H,3-4,9-10H2,1-2H3,(H,18,21)(H,19,20)/t14-,15+/m0/s1. The van der Waals surface area contributed by atoms with E-state index in [-0.39, 0.29) is 18.2 Å². The van der Waals surface area contributed by atoms with E-state index in [9.17, 15) is 9.59 Å². The number of hydrogen-bond donors (Lipinski definition) is 2. The molecule has 2 atom stereocenters. The first-order valence-electron chi connectivity index (χ1n) is 7.58. The molecule has 1 saturated carbocycles. The molecule has 1 aliphatic rings. The summed E-state index contributed by atoms with van der Waals surface area (Å²) in [6.07, 6.45) is 1.48. The number of carboxylic acids is 1. The molecule has 1 aromatic carbocycles. The van der Waals surface area contributed by atoms with Crippen LogP contribution in [-0.2, 0) is 9.59 Å². The molecule has 0 spiro atoms. The third-order valence-electron chi connectivity index (χ3n) is 4.03. The summed E-state index contributed by atoms with van der Waals surface area (Å²) in [5.41, 5.74) is 2.54. The number of nitrogens with one attached hydrogen (secondary N) is 1. The van der Waals surface area contributed by atoms with Gasteiger partial charge < -0.3 is 10.4 Å². The van der Waals surface area contributed by atoms with Crippen LogP contribution in [0.5, 0.6) is 0 Å². The molecule has 0 radical (unpaired) electrons. The highest BCUT2D eigenvalue weighted by Crippen LogP contribution is 2.47. The molecule has 21 heavy (non-hydrogen) atoms. The van der Waals surface area contributed by atoms with Crippen LogP contribution in [0.25, 0.3) is 0 Å². The number of carbonyl (C=O) groups excluding carboxylic acids is 1. The van der Waals surface area contributed by atoms with Gasteiger partial charge in [-0.1, -0.05) is 38.1 Å². The van der Waals surface area contributed by atoms with E-state index in [0.29, 0.717) is 24.8 Å². The summed E-state index contributed by atoms with van der Waals surface area (Å²) in [4.78, 5) is 22.3. The Labute approximate surface area is 125 Å². The Bertz CT molecular complexity index is 507. The fourth-order valence-electron chi connectivity index (χ4n) is 2.56. The lowest BCUT2D eigenvalue weighted by molar-refractivity contribution is -0.137. The van der Waals surface area contributed by atoms with Crippen LogP contribution < -0.4 is 5.32 Å². The maximum absolute atomic E-state index is 12.0. The van der Waals surface area contributed by atoms with Gasteiger partial charge in [0.15, 0.2) is 0 Å². The van der Waals surface area contributed by atoms with Crippen LogP contribution in [0.1, 0.15) is 56.1 Å². The second-order valence-electron chi connectivity index (χ2n) is 6.06. The highest BCUT2D eigenvalue weighted by Gasteiger charge is 2.43. The molecule has 1 aliphatic carbocycles. The normalized spacial score (nSPS) is 20.3. The molecule has 1 aromatic rings. The molecule has 1 fully saturated rings. The van der Waals surface area contributed by atoms with Crippen molar-refractivity contribution in [1.29, 1.82) is 0 Å². The minimum atomic E-state index is -0.821. The number of rotatable bonds is 7. The third kappa shape index (κ3) is 4.31. The van der Waals surface area contributed by atoms with E-state index in [1.54, 1.807) is 0 Å². The fraction of sp³-hybridized carbons (Fsp3) is 0.529. The Kier molecular flexibility index (Phi) is 4.99. The number of aliphatic carboxylic acids is 1. The van der Waals surface area contributed by atoms with E-state index < -0.39 is 5.97 Å². The van der Waals surface area contributed by atoms with Crippen molar-refractivity contribution in [3.8, 4) is 0 Å². The Balaban J connectivity index is 1.78. The summed E-state index contributed by atoms with van der Waals surface area (Å²) in [5.74, 6) is 0.133. The first-order chi connectivity index (χ1) is 9.99. The summed E-state index contributed by atoms with van der Waals surface area (Å²) < 4.78 is 0. The first kappa shape index (κ1) is 15.5. The molecule has 0 heterocycles. The van der Waals surface area contributed by atoms with Gasteiger partial charge in [0.2, 0.25) is 5.91 Å². The van der Waals surface area contributed by atoms with Crippen LogP contribution in [0.4, 0.5) is 0 Å². The van der Waals surface area contributed by atoms with Crippen molar-refractivity contribution >= 4 is 11.9 Å². The summed E-state index contributed by atoms with van der Waals surface area (Å²) in [6, 6.07) is 8.52. The van der Waals surface area contributed by atoms with Gasteiger partial charge in [-0.2, -0.15) is 0 Å². The fourth-order valence-corrected chi connectivity index (χ4v) is 2.56. The third-order valence-corrected chi connectivity index (χ3v) is 4.03.